The SMILES string of the molecule is COCc1ccccc1NCc1cccc(C#N)c1F. The maximum absolute atomic E-state index is 13.9. The van der Waals surface area contributed by atoms with Crippen molar-refractivity contribution in [1.82, 2.24) is 0 Å². The second-order valence-electron chi connectivity index (χ2n) is 4.33. The Kier molecular flexibility index (Phi) is 4.70. The summed E-state index contributed by atoms with van der Waals surface area (Å²) in [5.74, 6) is -0.466. The third kappa shape index (κ3) is 3.14. The Morgan fingerprint density at radius 2 is 1.90 bits per heavy atom. The number of rotatable bonds is 5. The molecule has 20 heavy (non-hydrogen) atoms. The molecule has 2 aromatic rings. The van der Waals surface area contributed by atoms with Crippen molar-refractivity contribution in [1.29, 1.82) is 5.26 Å². The van der Waals surface area contributed by atoms with E-state index in [0.717, 1.165) is 11.3 Å². The van der Waals surface area contributed by atoms with Crippen LogP contribution in [0.25, 0.3) is 0 Å². The van der Waals surface area contributed by atoms with E-state index in [1.807, 2.05) is 30.3 Å². The highest BCUT2D eigenvalue weighted by Gasteiger charge is 2.08. The molecule has 0 aliphatic heterocycles. The van der Waals surface area contributed by atoms with Crippen LogP contribution >= 0.6 is 0 Å². The van der Waals surface area contributed by atoms with E-state index in [9.17, 15) is 4.39 Å². The fourth-order valence-electron chi connectivity index (χ4n) is 1.97. The number of anilines is 1. The molecule has 0 bridgehead atoms. The quantitative estimate of drug-likeness (QED) is 0.905. The first kappa shape index (κ1) is 14.0. The molecule has 0 aromatic heterocycles. The Hall–Kier alpha value is -2.38. The lowest BCUT2D eigenvalue weighted by atomic mass is 10.1. The monoisotopic (exact) mass is 270 g/mol. The molecule has 0 heterocycles. The van der Waals surface area contributed by atoms with E-state index in [1.165, 1.54) is 6.07 Å². The third-order valence-corrected chi connectivity index (χ3v) is 2.99. The van der Waals surface area contributed by atoms with Gasteiger partial charge < -0.3 is 10.1 Å². The van der Waals surface area contributed by atoms with Crippen LogP contribution < -0.4 is 5.32 Å². The summed E-state index contributed by atoms with van der Waals surface area (Å²) in [7, 11) is 1.63. The van der Waals surface area contributed by atoms with Crippen molar-refractivity contribution in [2.45, 2.75) is 13.2 Å². The Labute approximate surface area is 117 Å². The van der Waals surface area contributed by atoms with Gasteiger partial charge in [-0.2, -0.15) is 5.26 Å². The molecule has 102 valence electrons. The van der Waals surface area contributed by atoms with E-state index in [4.69, 9.17) is 10.00 Å². The normalized spacial score (nSPS) is 10.1. The van der Waals surface area contributed by atoms with Gasteiger partial charge in [0.05, 0.1) is 12.2 Å². The summed E-state index contributed by atoms with van der Waals surface area (Å²) < 4.78 is 19.1. The van der Waals surface area contributed by atoms with E-state index in [-0.39, 0.29) is 5.56 Å². The lowest BCUT2D eigenvalue weighted by molar-refractivity contribution is 0.185. The van der Waals surface area contributed by atoms with Crippen LogP contribution in [-0.4, -0.2) is 7.11 Å². The van der Waals surface area contributed by atoms with Gasteiger partial charge in [0.1, 0.15) is 11.9 Å². The average Bonchev–Trinajstić information content (AvgIpc) is 2.48. The summed E-state index contributed by atoms with van der Waals surface area (Å²) in [6.45, 7) is 0.811. The van der Waals surface area contributed by atoms with Crippen molar-refractivity contribution in [3.05, 3.63) is 65.0 Å². The molecule has 0 radical (unpaired) electrons. The summed E-state index contributed by atoms with van der Waals surface area (Å²) in [6.07, 6.45) is 0. The van der Waals surface area contributed by atoms with Gasteiger partial charge in [0, 0.05) is 30.5 Å². The second kappa shape index (κ2) is 6.69. The molecule has 3 nitrogen and oxygen atoms in total. The lowest BCUT2D eigenvalue weighted by Crippen LogP contribution is -2.05. The first-order valence-corrected chi connectivity index (χ1v) is 6.24. The number of ether oxygens (including phenoxy) is 1. The molecule has 1 N–H and O–H groups in total. The Morgan fingerprint density at radius 3 is 2.65 bits per heavy atom. The zero-order chi connectivity index (χ0) is 14.4. The molecule has 0 aliphatic carbocycles. The maximum atomic E-state index is 13.9. The van der Waals surface area contributed by atoms with Gasteiger partial charge in [-0.15, -0.1) is 0 Å². The van der Waals surface area contributed by atoms with Crippen molar-refractivity contribution >= 4 is 5.69 Å². The van der Waals surface area contributed by atoms with Crippen LogP contribution in [0.3, 0.4) is 0 Å². The highest BCUT2D eigenvalue weighted by molar-refractivity contribution is 5.51. The predicted molar refractivity (Wildman–Crippen MR) is 75.6 cm³/mol. The van der Waals surface area contributed by atoms with Gasteiger partial charge in [0.2, 0.25) is 0 Å². The van der Waals surface area contributed by atoms with Gasteiger partial charge in [-0.1, -0.05) is 30.3 Å². The minimum Gasteiger partial charge on any atom is -0.381 e. The number of halogens is 1. The smallest absolute Gasteiger partial charge is 0.145 e. The maximum Gasteiger partial charge on any atom is 0.145 e. The number of benzene rings is 2. The molecule has 4 heteroatoms. The highest BCUT2D eigenvalue weighted by Crippen LogP contribution is 2.18. The second-order valence-corrected chi connectivity index (χ2v) is 4.33. The number of para-hydroxylation sites is 1. The van der Waals surface area contributed by atoms with Gasteiger partial charge in [-0.3, -0.25) is 0 Å². The Bertz CT molecular complexity index is 635. The molecule has 0 atom stereocenters. The van der Waals surface area contributed by atoms with Crippen molar-refractivity contribution in [2.75, 3.05) is 12.4 Å². The molecule has 2 rings (SSSR count). The minimum atomic E-state index is -0.466. The van der Waals surface area contributed by atoms with Crippen LogP contribution in [0.5, 0.6) is 0 Å². The molecule has 0 amide bonds. The molecule has 0 saturated carbocycles. The zero-order valence-electron chi connectivity index (χ0n) is 11.2. The van der Waals surface area contributed by atoms with Gasteiger partial charge in [-0.05, 0) is 12.1 Å². The first-order chi connectivity index (χ1) is 9.76. The standard InChI is InChI=1S/C16H15FN2O/c1-20-11-14-5-2-3-8-15(14)19-10-13-7-4-6-12(9-18)16(13)17/h2-8,19H,10-11H2,1H3. The molecule has 2 aromatic carbocycles. The summed E-state index contributed by atoms with van der Waals surface area (Å²) in [5.41, 5.74) is 2.44. The van der Waals surface area contributed by atoms with E-state index in [0.29, 0.717) is 18.7 Å². The molecule has 0 unspecified atom stereocenters. The lowest BCUT2D eigenvalue weighted by Gasteiger charge is -2.12. The van der Waals surface area contributed by atoms with Gasteiger partial charge in [0.15, 0.2) is 0 Å². The molecular weight excluding hydrogens is 255 g/mol. The summed E-state index contributed by atoms with van der Waals surface area (Å²) in [5, 5.41) is 12.0. The zero-order valence-corrected chi connectivity index (χ0v) is 11.2. The van der Waals surface area contributed by atoms with Crippen LogP contribution in [0, 0.1) is 17.1 Å². The summed E-state index contributed by atoms with van der Waals surface area (Å²) in [6, 6.07) is 14.4. The van der Waals surface area contributed by atoms with Crippen molar-refractivity contribution < 1.29 is 9.13 Å². The molecular formula is C16H15FN2O. The predicted octanol–water partition coefficient (Wildman–Crippen LogP) is 3.46. The van der Waals surface area contributed by atoms with Crippen LogP contribution in [0.2, 0.25) is 0 Å². The minimum absolute atomic E-state index is 0.0643. The Morgan fingerprint density at radius 1 is 1.15 bits per heavy atom. The van der Waals surface area contributed by atoms with Crippen molar-refractivity contribution in [2.24, 2.45) is 0 Å². The fraction of sp³-hybridized carbons (Fsp3) is 0.188. The highest BCUT2D eigenvalue weighted by atomic mass is 19.1. The largest absolute Gasteiger partial charge is 0.381 e. The van der Waals surface area contributed by atoms with Crippen LogP contribution in [0.1, 0.15) is 16.7 Å². The van der Waals surface area contributed by atoms with Crippen molar-refractivity contribution in [3.63, 3.8) is 0 Å². The van der Waals surface area contributed by atoms with E-state index >= 15 is 0 Å². The van der Waals surface area contributed by atoms with Gasteiger partial charge in [0.25, 0.3) is 0 Å². The van der Waals surface area contributed by atoms with E-state index in [1.54, 1.807) is 19.2 Å². The summed E-state index contributed by atoms with van der Waals surface area (Å²) in [4.78, 5) is 0. The summed E-state index contributed by atoms with van der Waals surface area (Å²) >= 11 is 0. The van der Waals surface area contributed by atoms with Crippen LogP contribution in [0.4, 0.5) is 10.1 Å². The molecule has 0 aliphatic rings. The number of nitrogens with zero attached hydrogens (tertiary/aromatic N) is 1. The van der Waals surface area contributed by atoms with Crippen LogP contribution in [-0.2, 0) is 17.9 Å². The first-order valence-electron chi connectivity index (χ1n) is 6.24. The molecule has 0 spiro atoms. The van der Waals surface area contributed by atoms with Gasteiger partial charge >= 0.3 is 0 Å². The Balaban J connectivity index is 2.15. The molecule has 0 saturated heterocycles. The van der Waals surface area contributed by atoms with E-state index in [2.05, 4.69) is 5.32 Å². The van der Waals surface area contributed by atoms with Crippen LogP contribution in [0.15, 0.2) is 42.5 Å². The number of nitriles is 1. The van der Waals surface area contributed by atoms with E-state index < -0.39 is 5.82 Å². The number of methoxy groups -OCH3 is 1. The van der Waals surface area contributed by atoms with Gasteiger partial charge in [-0.25, -0.2) is 4.39 Å². The fourth-order valence-corrected chi connectivity index (χ4v) is 1.97. The topological polar surface area (TPSA) is 45.0 Å². The van der Waals surface area contributed by atoms with Crippen molar-refractivity contribution in [3.8, 4) is 6.07 Å². The average molecular weight is 270 g/mol. The number of nitrogens with one attached hydrogen (secondary N) is 1. The number of hydrogen-bond acceptors (Lipinski definition) is 3. The third-order valence-electron chi connectivity index (χ3n) is 2.99. The number of hydrogen-bond donors (Lipinski definition) is 1. The molecule has 0 fully saturated rings.